The topological polar surface area (TPSA) is 64.3 Å². The lowest BCUT2D eigenvalue weighted by Crippen LogP contribution is -2.61. The van der Waals surface area contributed by atoms with Gasteiger partial charge in [-0.15, -0.1) is 0 Å². The Bertz CT molecular complexity index is 463. The van der Waals surface area contributed by atoms with Gasteiger partial charge in [0, 0.05) is 6.07 Å². The second-order valence-corrected chi connectivity index (χ2v) is 4.89. The van der Waals surface area contributed by atoms with E-state index in [-0.39, 0.29) is 18.3 Å². The first-order chi connectivity index (χ1) is 9.08. The molecule has 1 amide bonds. The van der Waals surface area contributed by atoms with Crippen LogP contribution in [0.2, 0.25) is 0 Å². The molecule has 1 aromatic carbocycles. The van der Waals surface area contributed by atoms with Crippen LogP contribution in [-0.4, -0.2) is 24.6 Å². The second kappa shape index (κ2) is 5.57. The first kappa shape index (κ1) is 13.8. The van der Waals surface area contributed by atoms with E-state index in [4.69, 9.17) is 10.5 Å². The van der Waals surface area contributed by atoms with Gasteiger partial charge in [-0.05, 0) is 37.4 Å². The third kappa shape index (κ3) is 3.04. The van der Waals surface area contributed by atoms with E-state index in [0.29, 0.717) is 12.3 Å². The summed E-state index contributed by atoms with van der Waals surface area (Å²) in [6.45, 7) is 2.68. The van der Waals surface area contributed by atoms with Gasteiger partial charge in [0.2, 0.25) is 5.91 Å². The summed E-state index contributed by atoms with van der Waals surface area (Å²) >= 11 is 0. The van der Waals surface area contributed by atoms with Crippen LogP contribution in [0.4, 0.5) is 4.39 Å². The van der Waals surface area contributed by atoms with Gasteiger partial charge in [-0.25, -0.2) is 4.39 Å². The molecule has 3 N–H and O–H groups in total. The van der Waals surface area contributed by atoms with Gasteiger partial charge in [-0.3, -0.25) is 4.79 Å². The standard InChI is InChI=1S/C14H19FN2O2/c1-2-17-14(13(16)18,10-6-7-10)9-19-12-5-3-4-11(15)8-12/h3-5,8,10,17H,2,6-7,9H2,1H3,(H2,16,18). The number of benzene rings is 1. The van der Waals surface area contributed by atoms with Crippen LogP contribution in [0.3, 0.4) is 0 Å². The maximum atomic E-state index is 13.1. The van der Waals surface area contributed by atoms with Gasteiger partial charge < -0.3 is 15.8 Å². The quantitative estimate of drug-likeness (QED) is 0.785. The number of nitrogens with one attached hydrogen (secondary N) is 1. The van der Waals surface area contributed by atoms with Crippen molar-refractivity contribution in [3.8, 4) is 5.75 Å². The van der Waals surface area contributed by atoms with Crippen LogP contribution in [-0.2, 0) is 4.79 Å². The number of hydrogen-bond acceptors (Lipinski definition) is 3. The number of halogens is 1. The minimum Gasteiger partial charge on any atom is -0.491 e. The lowest BCUT2D eigenvalue weighted by atomic mass is 9.93. The van der Waals surface area contributed by atoms with Crippen molar-refractivity contribution in [3.63, 3.8) is 0 Å². The van der Waals surface area contributed by atoms with Gasteiger partial charge in [-0.1, -0.05) is 13.0 Å². The van der Waals surface area contributed by atoms with Crippen molar-refractivity contribution >= 4 is 5.91 Å². The molecule has 1 aliphatic carbocycles. The lowest BCUT2D eigenvalue weighted by molar-refractivity contribution is -0.126. The Morgan fingerprint density at radius 3 is 2.84 bits per heavy atom. The third-order valence-electron chi connectivity index (χ3n) is 3.47. The summed E-state index contributed by atoms with van der Waals surface area (Å²) in [5.74, 6) is -0.159. The molecule has 0 radical (unpaired) electrons. The van der Waals surface area contributed by atoms with Crippen molar-refractivity contribution in [2.45, 2.75) is 25.3 Å². The minimum absolute atomic E-state index is 0.129. The van der Waals surface area contributed by atoms with Crippen molar-refractivity contribution in [2.75, 3.05) is 13.2 Å². The molecule has 0 aromatic heterocycles. The molecule has 0 saturated heterocycles. The average molecular weight is 266 g/mol. The van der Waals surface area contributed by atoms with Crippen molar-refractivity contribution in [1.82, 2.24) is 5.32 Å². The summed E-state index contributed by atoms with van der Waals surface area (Å²) in [5.41, 5.74) is 4.69. The van der Waals surface area contributed by atoms with Crippen molar-refractivity contribution in [2.24, 2.45) is 11.7 Å². The minimum atomic E-state index is -0.846. The van der Waals surface area contributed by atoms with Crippen LogP contribution in [0.25, 0.3) is 0 Å². The molecule has 0 bridgehead atoms. The molecule has 4 nitrogen and oxygen atoms in total. The van der Waals surface area contributed by atoms with Crippen LogP contribution in [0.1, 0.15) is 19.8 Å². The first-order valence-electron chi connectivity index (χ1n) is 6.52. The van der Waals surface area contributed by atoms with Gasteiger partial charge in [0.1, 0.15) is 23.7 Å². The Labute approximate surface area is 112 Å². The molecule has 1 saturated carbocycles. The molecule has 2 rings (SSSR count). The third-order valence-corrected chi connectivity index (χ3v) is 3.47. The Morgan fingerprint density at radius 2 is 2.32 bits per heavy atom. The number of rotatable bonds is 7. The van der Waals surface area contributed by atoms with E-state index >= 15 is 0 Å². The van der Waals surface area contributed by atoms with Crippen LogP contribution in [0, 0.1) is 11.7 Å². The normalized spacial score (nSPS) is 17.8. The zero-order valence-electron chi connectivity index (χ0n) is 11.0. The molecule has 104 valence electrons. The van der Waals surface area contributed by atoms with E-state index in [0.717, 1.165) is 12.8 Å². The van der Waals surface area contributed by atoms with Crippen LogP contribution in [0.15, 0.2) is 24.3 Å². The van der Waals surface area contributed by atoms with Crippen molar-refractivity contribution < 1.29 is 13.9 Å². The molecule has 5 heteroatoms. The molecule has 19 heavy (non-hydrogen) atoms. The molecule has 0 spiro atoms. The van der Waals surface area contributed by atoms with E-state index in [9.17, 15) is 9.18 Å². The zero-order chi connectivity index (χ0) is 13.9. The van der Waals surface area contributed by atoms with Crippen LogP contribution < -0.4 is 15.8 Å². The number of ether oxygens (including phenoxy) is 1. The summed E-state index contributed by atoms with van der Waals surface area (Å²) < 4.78 is 18.6. The number of nitrogens with two attached hydrogens (primary N) is 1. The lowest BCUT2D eigenvalue weighted by Gasteiger charge is -2.31. The Morgan fingerprint density at radius 1 is 1.58 bits per heavy atom. The fourth-order valence-electron chi connectivity index (χ4n) is 2.32. The molecular weight excluding hydrogens is 247 g/mol. The number of likely N-dealkylation sites (N-methyl/N-ethyl adjacent to an activating group) is 1. The first-order valence-corrected chi connectivity index (χ1v) is 6.52. The van der Waals surface area contributed by atoms with Crippen LogP contribution >= 0.6 is 0 Å². The molecule has 1 fully saturated rings. The van der Waals surface area contributed by atoms with Gasteiger partial charge in [0.15, 0.2) is 0 Å². The van der Waals surface area contributed by atoms with Gasteiger partial charge in [-0.2, -0.15) is 0 Å². The molecular formula is C14H19FN2O2. The van der Waals surface area contributed by atoms with Crippen molar-refractivity contribution in [1.29, 1.82) is 0 Å². The highest BCUT2D eigenvalue weighted by molar-refractivity contribution is 5.85. The summed E-state index contributed by atoms with van der Waals surface area (Å²) in [7, 11) is 0. The maximum absolute atomic E-state index is 13.1. The van der Waals surface area contributed by atoms with Gasteiger partial charge in [0.05, 0.1) is 0 Å². The van der Waals surface area contributed by atoms with E-state index in [1.807, 2.05) is 6.92 Å². The summed E-state index contributed by atoms with van der Waals surface area (Å²) in [6.07, 6.45) is 1.92. The SMILES string of the molecule is CCNC(COc1cccc(F)c1)(C(N)=O)C1CC1. The Balaban J connectivity index is 2.10. The predicted octanol–water partition coefficient (Wildman–Crippen LogP) is 1.45. The number of amides is 1. The maximum Gasteiger partial charge on any atom is 0.241 e. The van der Waals surface area contributed by atoms with E-state index in [2.05, 4.69) is 5.32 Å². The summed E-state index contributed by atoms with van der Waals surface area (Å²) in [4.78, 5) is 11.8. The predicted molar refractivity (Wildman–Crippen MR) is 70.2 cm³/mol. The highest BCUT2D eigenvalue weighted by Crippen LogP contribution is 2.40. The Kier molecular flexibility index (Phi) is 4.04. The van der Waals surface area contributed by atoms with Gasteiger partial charge >= 0.3 is 0 Å². The van der Waals surface area contributed by atoms with E-state index in [1.165, 1.54) is 12.1 Å². The average Bonchev–Trinajstić information content (AvgIpc) is 3.19. The number of hydrogen-bond donors (Lipinski definition) is 2. The fraction of sp³-hybridized carbons (Fsp3) is 0.500. The largest absolute Gasteiger partial charge is 0.491 e. The molecule has 1 atom stereocenters. The van der Waals surface area contributed by atoms with Crippen LogP contribution in [0.5, 0.6) is 5.75 Å². The number of carbonyl (C=O) groups is 1. The van der Waals surface area contributed by atoms with E-state index < -0.39 is 11.4 Å². The summed E-state index contributed by atoms with van der Waals surface area (Å²) in [5, 5.41) is 3.15. The molecule has 1 aliphatic rings. The number of primary amides is 1. The summed E-state index contributed by atoms with van der Waals surface area (Å²) in [6, 6.07) is 5.87. The molecule has 0 heterocycles. The second-order valence-electron chi connectivity index (χ2n) is 4.89. The van der Waals surface area contributed by atoms with E-state index in [1.54, 1.807) is 12.1 Å². The molecule has 0 aliphatic heterocycles. The van der Waals surface area contributed by atoms with Crippen molar-refractivity contribution in [3.05, 3.63) is 30.1 Å². The molecule has 1 aromatic rings. The molecule has 1 unspecified atom stereocenters. The highest BCUT2D eigenvalue weighted by atomic mass is 19.1. The Hall–Kier alpha value is -1.62. The number of carbonyl (C=O) groups excluding carboxylic acids is 1. The zero-order valence-corrected chi connectivity index (χ0v) is 11.0. The van der Waals surface area contributed by atoms with Gasteiger partial charge in [0.25, 0.3) is 0 Å². The highest BCUT2D eigenvalue weighted by Gasteiger charge is 2.50. The smallest absolute Gasteiger partial charge is 0.241 e. The monoisotopic (exact) mass is 266 g/mol. The fourth-order valence-corrected chi connectivity index (χ4v) is 2.32.